The molecular formula is C19H30N2O4S2. The third-order valence-corrected chi connectivity index (χ3v) is 8.39. The van der Waals surface area contributed by atoms with E-state index >= 15 is 0 Å². The molecule has 0 amide bonds. The molecule has 8 heteroatoms. The number of anilines is 1. The van der Waals surface area contributed by atoms with Crippen molar-refractivity contribution in [1.82, 2.24) is 4.13 Å². The second-order valence-corrected chi connectivity index (χ2v) is 10.7. The molecule has 1 fully saturated rings. The number of rotatable bonds is 11. The van der Waals surface area contributed by atoms with Crippen molar-refractivity contribution in [2.45, 2.75) is 63.2 Å². The first-order valence-electron chi connectivity index (χ1n) is 9.57. The smallest absolute Gasteiger partial charge is 0.253 e. The molecule has 0 unspecified atom stereocenters. The number of benzene rings is 1. The average Bonchev–Trinajstić information content (AvgIpc) is 3.15. The molecule has 1 N–H and O–H groups in total. The second-order valence-electron chi connectivity index (χ2n) is 6.98. The molecule has 1 aromatic rings. The molecule has 152 valence electrons. The number of unbranched alkanes of at least 4 members (excludes halogenated alkanes) is 4. The van der Waals surface area contributed by atoms with Crippen LogP contribution in [0, 0.1) is 0 Å². The van der Waals surface area contributed by atoms with Gasteiger partial charge in [-0.05, 0) is 49.9 Å². The zero-order chi connectivity index (χ0) is 19.9. The molecule has 1 aliphatic heterocycles. The Bertz CT molecular complexity index is 825. The average molecular weight is 415 g/mol. The van der Waals surface area contributed by atoms with Crippen molar-refractivity contribution in [1.29, 1.82) is 0 Å². The standard InChI is InChI=1S/C19H30N2O4S2/c1-3-4-5-6-7-10-17(2)26(22,23)20-27(24,25)19-13-11-18(12-14-19)21-15-8-9-16-21/h11-14,20H,2-10,15-16H2,1H3. The van der Waals surface area contributed by atoms with Crippen molar-refractivity contribution in [2.24, 2.45) is 0 Å². The minimum Gasteiger partial charge on any atom is -0.372 e. The molecule has 0 saturated carbocycles. The van der Waals surface area contributed by atoms with E-state index in [2.05, 4.69) is 18.4 Å². The lowest BCUT2D eigenvalue weighted by Crippen LogP contribution is -2.31. The number of allylic oxidation sites excluding steroid dienone is 1. The minimum atomic E-state index is -4.16. The van der Waals surface area contributed by atoms with E-state index < -0.39 is 20.0 Å². The highest BCUT2D eigenvalue weighted by Gasteiger charge is 2.25. The summed E-state index contributed by atoms with van der Waals surface area (Å²) in [5.41, 5.74) is 0.950. The van der Waals surface area contributed by atoms with E-state index in [0.29, 0.717) is 6.42 Å². The van der Waals surface area contributed by atoms with Crippen LogP contribution in [-0.2, 0) is 20.0 Å². The predicted molar refractivity (Wildman–Crippen MR) is 110 cm³/mol. The Morgan fingerprint density at radius 1 is 1.00 bits per heavy atom. The van der Waals surface area contributed by atoms with Gasteiger partial charge >= 0.3 is 0 Å². The SMILES string of the molecule is C=C(CCCCCCC)S(=O)(=O)NS(=O)(=O)c1ccc(N2CCCC2)cc1. The van der Waals surface area contributed by atoms with Gasteiger partial charge in [0.15, 0.2) is 0 Å². The first-order chi connectivity index (χ1) is 12.8. The van der Waals surface area contributed by atoms with E-state index in [-0.39, 0.29) is 16.2 Å². The molecule has 6 nitrogen and oxygen atoms in total. The molecule has 0 aliphatic carbocycles. The van der Waals surface area contributed by atoms with Crippen LogP contribution in [0.4, 0.5) is 5.69 Å². The van der Waals surface area contributed by atoms with E-state index in [0.717, 1.165) is 57.3 Å². The van der Waals surface area contributed by atoms with Crippen LogP contribution in [0.2, 0.25) is 0 Å². The molecule has 0 bridgehead atoms. The lowest BCUT2D eigenvalue weighted by Gasteiger charge is -2.17. The van der Waals surface area contributed by atoms with E-state index in [1.165, 1.54) is 12.1 Å². The fourth-order valence-electron chi connectivity index (χ4n) is 3.12. The van der Waals surface area contributed by atoms with Gasteiger partial charge in [-0.25, -0.2) is 16.8 Å². The van der Waals surface area contributed by atoms with Gasteiger partial charge in [-0.1, -0.05) is 39.2 Å². The van der Waals surface area contributed by atoms with Crippen molar-refractivity contribution in [3.8, 4) is 0 Å². The van der Waals surface area contributed by atoms with Crippen molar-refractivity contribution in [2.75, 3.05) is 18.0 Å². The Balaban J connectivity index is 1.98. The lowest BCUT2D eigenvalue weighted by molar-refractivity contribution is 0.577. The highest BCUT2D eigenvalue weighted by Crippen LogP contribution is 2.23. The summed E-state index contributed by atoms with van der Waals surface area (Å²) in [4.78, 5) is 2.03. The van der Waals surface area contributed by atoms with Gasteiger partial charge in [-0.2, -0.15) is 0 Å². The molecule has 1 heterocycles. The summed E-state index contributed by atoms with van der Waals surface area (Å²) in [7, 11) is -8.29. The lowest BCUT2D eigenvalue weighted by atomic mass is 10.1. The number of sulfonamides is 2. The van der Waals surface area contributed by atoms with Crippen molar-refractivity contribution in [3.63, 3.8) is 0 Å². The van der Waals surface area contributed by atoms with Crippen LogP contribution in [0.3, 0.4) is 0 Å². The van der Waals surface area contributed by atoms with E-state index in [4.69, 9.17) is 0 Å². The maximum atomic E-state index is 12.5. The number of nitrogens with zero attached hydrogens (tertiary/aromatic N) is 1. The highest BCUT2D eigenvalue weighted by atomic mass is 32.3. The van der Waals surface area contributed by atoms with Crippen molar-refractivity contribution >= 4 is 25.7 Å². The Labute approximate surface area is 163 Å². The highest BCUT2D eigenvalue weighted by molar-refractivity contribution is 8.06. The molecular weight excluding hydrogens is 384 g/mol. The maximum Gasteiger partial charge on any atom is 0.253 e. The van der Waals surface area contributed by atoms with Crippen molar-refractivity contribution < 1.29 is 16.8 Å². The molecule has 1 saturated heterocycles. The molecule has 1 aliphatic rings. The monoisotopic (exact) mass is 414 g/mol. The third-order valence-electron chi connectivity index (χ3n) is 4.78. The zero-order valence-electron chi connectivity index (χ0n) is 16.0. The Kier molecular flexibility index (Phi) is 7.88. The maximum absolute atomic E-state index is 12.5. The molecule has 0 spiro atoms. The fourth-order valence-corrected chi connectivity index (χ4v) is 6.04. The van der Waals surface area contributed by atoms with Gasteiger partial charge in [0.1, 0.15) is 0 Å². The molecule has 1 aromatic carbocycles. The minimum absolute atomic E-state index is 0.0650. The number of hydrogen-bond acceptors (Lipinski definition) is 5. The van der Waals surface area contributed by atoms with E-state index in [1.807, 2.05) is 4.13 Å². The molecule has 0 radical (unpaired) electrons. The Morgan fingerprint density at radius 3 is 2.19 bits per heavy atom. The van der Waals surface area contributed by atoms with E-state index in [1.54, 1.807) is 12.1 Å². The van der Waals surface area contributed by atoms with Gasteiger partial charge in [0.05, 0.1) is 9.80 Å². The summed E-state index contributed by atoms with van der Waals surface area (Å²) in [6, 6.07) is 6.32. The summed E-state index contributed by atoms with van der Waals surface area (Å²) < 4.78 is 51.4. The van der Waals surface area contributed by atoms with Gasteiger partial charge in [0.2, 0.25) is 10.0 Å². The topological polar surface area (TPSA) is 83.5 Å². The van der Waals surface area contributed by atoms with Gasteiger partial charge in [-0.3, -0.25) is 0 Å². The Hall–Kier alpha value is -1.38. The summed E-state index contributed by atoms with van der Waals surface area (Å²) in [6.45, 7) is 7.58. The van der Waals surface area contributed by atoms with Crippen molar-refractivity contribution in [3.05, 3.63) is 35.7 Å². The molecule has 0 atom stereocenters. The first-order valence-corrected chi connectivity index (χ1v) is 12.5. The number of nitrogens with one attached hydrogen (secondary N) is 1. The van der Waals surface area contributed by atoms with Crippen LogP contribution < -0.4 is 9.03 Å². The van der Waals surface area contributed by atoms with E-state index in [9.17, 15) is 16.8 Å². The summed E-state index contributed by atoms with van der Waals surface area (Å²) >= 11 is 0. The van der Waals surface area contributed by atoms with Crippen LogP contribution in [-0.4, -0.2) is 29.9 Å². The molecule has 2 rings (SSSR count). The first kappa shape index (κ1) is 21.9. The third kappa shape index (κ3) is 6.33. The fraction of sp³-hybridized carbons (Fsp3) is 0.579. The predicted octanol–water partition coefficient (Wildman–Crippen LogP) is 3.77. The van der Waals surface area contributed by atoms with Crippen LogP contribution in [0.25, 0.3) is 0 Å². The number of hydrogen-bond donors (Lipinski definition) is 1. The zero-order valence-corrected chi connectivity index (χ0v) is 17.6. The second kappa shape index (κ2) is 9.71. The van der Waals surface area contributed by atoms with Crippen LogP contribution in [0.15, 0.2) is 40.6 Å². The summed E-state index contributed by atoms with van der Waals surface area (Å²) in [5, 5.41) is 0. The van der Waals surface area contributed by atoms with Gasteiger partial charge in [0.25, 0.3) is 10.0 Å². The van der Waals surface area contributed by atoms with Crippen LogP contribution >= 0.6 is 0 Å². The summed E-state index contributed by atoms with van der Waals surface area (Å²) in [6.07, 6.45) is 7.37. The van der Waals surface area contributed by atoms with Crippen LogP contribution in [0.1, 0.15) is 58.3 Å². The van der Waals surface area contributed by atoms with Crippen LogP contribution in [0.5, 0.6) is 0 Å². The Morgan fingerprint density at radius 2 is 1.59 bits per heavy atom. The largest absolute Gasteiger partial charge is 0.372 e. The normalized spacial score (nSPS) is 15.2. The molecule has 27 heavy (non-hydrogen) atoms. The summed E-state index contributed by atoms with van der Waals surface area (Å²) in [5.74, 6) is 0. The molecule has 0 aromatic heterocycles. The van der Waals surface area contributed by atoms with Gasteiger partial charge in [-0.15, -0.1) is 4.13 Å². The quantitative estimate of drug-likeness (QED) is 0.557. The van der Waals surface area contributed by atoms with Gasteiger partial charge in [0, 0.05) is 18.8 Å². The van der Waals surface area contributed by atoms with Gasteiger partial charge < -0.3 is 4.90 Å².